The number of thiazole rings is 1. The van der Waals surface area contributed by atoms with E-state index in [9.17, 15) is 9.59 Å². The summed E-state index contributed by atoms with van der Waals surface area (Å²) in [7, 11) is 0. The Morgan fingerprint density at radius 1 is 1.69 bits per heavy atom. The lowest BCUT2D eigenvalue weighted by atomic mass is 10.4. The average molecular weight is 243 g/mol. The number of nitrogen functional groups attached to an aromatic ring is 1. The quantitative estimate of drug-likeness (QED) is 0.519. The Labute approximate surface area is 93.5 Å². The molecular formula is C7H7N4O4S. The number of carbonyl (C=O) groups is 2. The van der Waals surface area contributed by atoms with Gasteiger partial charge in [0.05, 0.1) is 0 Å². The molecule has 0 saturated heterocycles. The molecule has 1 amide bonds. The zero-order chi connectivity index (χ0) is 12.1. The molecule has 85 valence electrons. The van der Waals surface area contributed by atoms with Crippen LogP contribution in [0.1, 0.15) is 5.01 Å². The van der Waals surface area contributed by atoms with Crippen LogP contribution in [0.3, 0.4) is 0 Å². The molecule has 0 aliphatic carbocycles. The summed E-state index contributed by atoms with van der Waals surface area (Å²) in [6.07, 6.45) is 0. The third-order valence-electron chi connectivity index (χ3n) is 1.28. The molecule has 1 heterocycles. The Balaban J connectivity index is 2.83. The number of amides is 1. The lowest BCUT2D eigenvalue weighted by molar-refractivity contribution is -0.142. The number of carbonyl (C=O) groups excluding carboxylic acids is 1. The molecule has 1 rings (SSSR count). The minimum Gasteiger partial charge on any atom is -0.479 e. The van der Waals surface area contributed by atoms with Gasteiger partial charge in [0.15, 0.2) is 5.01 Å². The highest BCUT2D eigenvalue weighted by atomic mass is 32.1. The number of nitrogens with zero attached hydrogens (tertiary/aromatic N) is 2. The highest BCUT2D eigenvalue weighted by Gasteiger charge is 2.16. The second kappa shape index (κ2) is 5.07. The Bertz CT molecular complexity index is 441. The highest BCUT2D eigenvalue weighted by Crippen LogP contribution is 2.12. The van der Waals surface area contributed by atoms with Crippen molar-refractivity contribution >= 4 is 34.7 Å². The van der Waals surface area contributed by atoms with E-state index in [1.165, 1.54) is 5.38 Å². The van der Waals surface area contributed by atoms with E-state index in [2.05, 4.69) is 15.0 Å². The lowest BCUT2D eigenvalue weighted by Gasteiger charge is -1.97. The second-order valence-corrected chi connectivity index (χ2v) is 3.37. The second-order valence-electron chi connectivity index (χ2n) is 2.51. The van der Waals surface area contributed by atoms with Crippen molar-refractivity contribution in [3.05, 3.63) is 10.4 Å². The number of hydrogen-bond acceptors (Lipinski definition) is 7. The van der Waals surface area contributed by atoms with Crippen LogP contribution in [0.15, 0.2) is 10.5 Å². The molecule has 0 aliphatic rings. The number of aliphatic carboxylic acids is 1. The molecule has 1 aromatic rings. The molecule has 0 spiro atoms. The molecule has 0 aromatic carbocycles. The minimum absolute atomic E-state index is 0.114. The van der Waals surface area contributed by atoms with Crippen molar-refractivity contribution in [3.8, 4) is 0 Å². The number of nitrogens with two attached hydrogens (primary N) is 1. The zero-order valence-electron chi connectivity index (χ0n) is 7.84. The summed E-state index contributed by atoms with van der Waals surface area (Å²) in [6, 6.07) is 0. The fraction of sp³-hybridized carbons (Fsp3) is 0.143. The van der Waals surface area contributed by atoms with Gasteiger partial charge in [0.1, 0.15) is 5.82 Å². The Morgan fingerprint density at radius 3 is 2.81 bits per heavy atom. The van der Waals surface area contributed by atoms with Crippen molar-refractivity contribution in [1.82, 2.24) is 10.7 Å². The number of rotatable bonds is 5. The molecule has 8 nitrogen and oxygen atoms in total. The first-order valence-corrected chi connectivity index (χ1v) is 4.77. The molecule has 16 heavy (non-hydrogen) atoms. The summed E-state index contributed by atoms with van der Waals surface area (Å²) < 4.78 is 0. The first-order valence-electron chi connectivity index (χ1n) is 3.89. The maximum Gasteiger partial charge on any atom is 0.344 e. The van der Waals surface area contributed by atoms with Crippen LogP contribution < -0.4 is 11.5 Å². The summed E-state index contributed by atoms with van der Waals surface area (Å²) in [6.45, 7) is -0.697. The maximum absolute atomic E-state index is 10.9. The van der Waals surface area contributed by atoms with Gasteiger partial charge >= 0.3 is 5.97 Å². The van der Waals surface area contributed by atoms with Crippen LogP contribution in [-0.4, -0.2) is 34.3 Å². The number of hydrogen-bond donors (Lipinski definition) is 2. The van der Waals surface area contributed by atoms with E-state index in [1.807, 2.05) is 0 Å². The van der Waals surface area contributed by atoms with Crippen LogP contribution in [0.25, 0.3) is 0 Å². The van der Waals surface area contributed by atoms with Gasteiger partial charge in [0.25, 0.3) is 5.91 Å². The van der Waals surface area contributed by atoms with Gasteiger partial charge in [0.2, 0.25) is 12.3 Å². The Kier molecular flexibility index (Phi) is 3.78. The summed E-state index contributed by atoms with van der Waals surface area (Å²) in [4.78, 5) is 29.1. The molecule has 1 aromatic heterocycles. The topological polar surface area (TPSA) is 139 Å². The van der Waals surface area contributed by atoms with Gasteiger partial charge in [-0.25, -0.2) is 9.78 Å². The number of carboxylic acids is 1. The van der Waals surface area contributed by atoms with Crippen molar-refractivity contribution in [2.45, 2.75) is 0 Å². The molecule has 1 radical (unpaired) electrons. The number of anilines is 1. The van der Waals surface area contributed by atoms with Crippen molar-refractivity contribution in [3.63, 3.8) is 0 Å². The monoisotopic (exact) mass is 243 g/mol. The third-order valence-corrected chi connectivity index (χ3v) is 2.15. The molecule has 0 unspecified atom stereocenters. The third kappa shape index (κ3) is 3.20. The standard InChI is InChI=1S/C7H7N4O4S/c8-3-2-16-7(10-3)5(6(9)14)11-15-1-4(12)13/h2,9H,1,8H2,(H,12,13)/b11-5-. The van der Waals surface area contributed by atoms with Crippen LogP contribution in [-0.2, 0) is 14.4 Å². The summed E-state index contributed by atoms with van der Waals surface area (Å²) >= 11 is 1.01. The first-order chi connectivity index (χ1) is 7.50. The van der Waals surface area contributed by atoms with Crippen molar-refractivity contribution in [2.24, 2.45) is 5.16 Å². The van der Waals surface area contributed by atoms with E-state index < -0.39 is 18.5 Å². The van der Waals surface area contributed by atoms with Crippen LogP contribution in [0.2, 0.25) is 0 Å². The molecule has 0 saturated carbocycles. The van der Waals surface area contributed by atoms with Crippen LogP contribution in [0, 0.1) is 0 Å². The van der Waals surface area contributed by atoms with Crippen LogP contribution in [0.4, 0.5) is 5.82 Å². The number of oxime groups is 1. The molecule has 0 atom stereocenters. The number of carboxylic acid groups (broad SMARTS) is 1. The van der Waals surface area contributed by atoms with E-state index >= 15 is 0 Å². The molecular weight excluding hydrogens is 236 g/mol. The SMILES string of the molecule is [NH]C(=O)/C(=N/OCC(=O)O)c1nc(N)cs1. The summed E-state index contributed by atoms with van der Waals surface area (Å²) in [5.41, 5.74) is 11.9. The average Bonchev–Trinajstić information content (AvgIpc) is 2.58. The van der Waals surface area contributed by atoms with Crippen LogP contribution >= 0.6 is 11.3 Å². The minimum atomic E-state index is -1.24. The number of aromatic nitrogens is 1. The lowest BCUT2D eigenvalue weighted by Crippen LogP contribution is -2.17. The normalized spacial score (nSPS) is 11.1. The van der Waals surface area contributed by atoms with Gasteiger partial charge in [-0.05, 0) is 0 Å². The Morgan fingerprint density at radius 2 is 2.38 bits per heavy atom. The maximum atomic E-state index is 10.9. The predicted octanol–water partition coefficient (Wildman–Crippen LogP) is -0.660. The first kappa shape index (κ1) is 11.9. The Hall–Kier alpha value is -2.16. The summed E-state index contributed by atoms with van der Waals surface area (Å²) in [5, 5.41) is 13.1. The fourth-order valence-corrected chi connectivity index (χ4v) is 1.41. The predicted molar refractivity (Wildman–Crippen MR) is 54.8 cm³/mol. The van der Waals surface area contributed by atoms with Crippen molar-refractivity contribution in [2.75, 3.05) is 12.3 Å². The largest absolute Gasteiger partial charge is 0.479 e. The molecule has 0 bridgehead atoms. The van der Waals surface area contributed by atoms with E-state index in [-0.39, 0.29) is 16.5 Å². The molecule has 4 N–H and O–H groups in total. The van der Waals surface area contributed by atoms with Crippen molar-refractivity contribution in [1.29, 1.82) is 0 Å². The van der Waals surface area contributed by atoms with E-state index in [0.717, 1.165) is 11.3 Å². The summed E-state index contributed by atoms with van der Waals surface area (Å²) in [5.74, 6) is -2.17. The van der Waals surface area contributed by atoms with Gasteiger partial charge < -0.3 is 15.7 Å². The van der Waals surface area contributed by atoms with Gasteiger partial charge in [-0.1, -0.05) is 5.16 Å². The fourth-order valence-electron chi connectivity index (χ4n) is 0.725. The van der Waals surface area contributed by atoms with Gasteiger partial charge in [0, 0.05) is 5.38 Å². The highest BCUT2D eigenvalue weighted by molar-refractivity contribution is 7.13. The number of nitrogens with one attached hydrogen (secondary N) is 1. The van der Waals surface area contributed by atoms with E-state index in [0.29, 0.717) is 0 Å². The van der Waals surface area contributed by atoms with E-state index in [1.54, 1.807) is 0 Å². The van der Waals surface area contributed by atoms with E-state index in [4.69, 9.17) is 16.6 Å². The van der Waals surface area contributed by atoms with Gasteiger partial charge in [-0.15, -0.1) is 11.3 Å². The molecule has 9 heteroatoms. The van der Waals surface area contributed by atoms with Crippen molar-refractivity contribution < 1.29 is 19.5 Å². The van der Waals surface area contributed by atoms with Crippen LogP contribution in [0.5, 0.6) is 0 Å². The molecule has 0 aliphatic heterocycles. The zero-order valence-corrected chi connectivity index (χ0v) is 8.65. The van der Waals surface area contributed by atoms with Gasteiger partial charge in [-0.2, -0.15) is 0 Å². The molecule has 0 fully saturated rings. The van der Waals surface area contributed by atoms with Gasteiger partial charge in [-0.3, -0.25) is 10.5 Å². The smallest absolute Gasteiger partial charge is 0.344 e.